The van der Waals surface area contributed by atoms with Gasteiger partial charge in [-0.3, -0.25) is 38.4 Å². The molecule has 6 aromatic rings. The molecule has 0 spiro atoms. The molecule has 0 heterocycles. The fraction of sp³-hybridized carbons (Fsp3) is 0.486. The summed E-state index contributed by atoms with van der Waals surface area (Å²) in [6, 6.07) is 34.5. The smallest absolute Gasteiger partial charge is 0.309 e. The fourth-order valence-electron chi connectivity index (χ4n) is 7.64. The Labute approximate surface area is 602 Å². The van der Waals surface area contributed by atoms with Gasteiger partial charge >= 0.3 is 17.9 Å². The number of nitrogens with one attached hydrogen (secondary N) is 5. The van der Waals surface area contributed by atoms with Crippen LogP contribution >= 0.6 is 88.4 Å². The first kappa shape index (κ1) is 89.2. The number of benzene rings is 6. The maximum Gasteiger partial charge on any atom is 0.309 e. The predicted molar refractivity (Wildman–Crippen MR) is 410 cm³/mol. The number of thiol groups is 7. The molecule has 5 amide bonds. The molecule has 0 aliphatic carbocycles. The summed E-state index contributed by atoms with van der Waals surface area (Å²) in [6.45, 7) is 15.1. The van der Waals surface area contributed by atoms with Gasteiger partial charge in [0.2, 0.25) is 43.1 Å². The Kier molecular flexibility index (Phi) is 55.8. The molecular weight excluding hydrogens is 1340 g/mol. The van der Waals surface area contributed by atoms with Crippen LogP contribution in [0, 0.1) is 13.8 Å². The zero-order chi connectivity index (χ0) is 70.9. The van der Waals surface area contributed by atoms with Gasteiger partial charge in [-0.05, 0) is 143 Å². The average molecular weight is 1450 g/mol. The molecule has 0 fully saturated rings. The van der Waals surface area contributed by atoms with E-state index in [4.69, 9.17) is 23.7 Å². The van der Waals surface area contributed by atoms with Crippen LogP contribution in [0.3, 0.4) is 0 Å². The molecule has 0 aromatic heterocycles. The third kappa shape index (κ3) is 45.3. The summed E-state index contributed by atoms with van der Waals surface area (Å²) in [5.74, 6) is 4.74. The Hall–Kier alpha value is -5.83. The standard InChI is InChI=1S/C24H23NO3S.2C11H14O3S.4C6H13NOS/c26-21(13-14-29)25-15-28-22(27)6-2-3-16-7-8-19-10-9-17-4-1-5-18-11-12-20(16)24(19)23(17)18;2*1-9-2-4-10(5-3-9)13-8-14-11(12)6-7-15;4*1-2-4-7-6(8)3-5-9/h1,4-5,7-12,29H,2-3,6,13-15H2,(H,25,26);2*2-5,15H,6-8H2,1H3;4*9H,2-5H2,1H3,(H,7,8). The van der Waals surface area contributed by atoms with Gasteiger partial charge in [0.1, 0.15) is 11.5 Å². The molecule has 25 heteroatoms. The van der Waals surface area contributed by atoms with Crippen molar-refractivity contribution >= 4 is 168 Å². The third-order valence-corrected chi connectivity index (χ3v) is 14.1. The maximum atomic E-state index is 11.9. The van der Waals surface area contributed by atoms with Gasteiger partial charge in [0.25, 0.3) is 0 Å². The number of carbonyl (C=O) groups excluding carboxylic acids is 8. The number of carbonyl (C=O) groups is 8. The first-order valence-corrected chi connectivity index (χ1v) is 36.4. The van der Waals surface area contributed by atoms with Crippen LogP contribution in [0.5, 0.6) is 11.5 Å². The predicted octanol–water partition coefficient (Wildman–Crippen LogP) is 12.6. The topological polar surface area (TPSA) is 243 Å². The van der Waals surface area contributed by atoms with E-state index < -0.39 is 0 Å². The lowest BCUT2D eigenvalue weighted by atomic mass is 9.90. The minimum Gasteiger partial charge on any atom is -0.457 e. The number of amides is 5. The van der Waals surface area contributed by atoms with Crippen molar-refractivity contribution in [3.8, 4) is 11.5 Å². The second kappa shape index (κ2) is 59.4. The van der Waals surface area contributed by atoms with Crippen molar-refractivity contribution in [1.82, 2.24) is 26.6 Å². The number of hydrogen-bond donors (Lipinski definition) is 12. The van der Waals surface area contributed by atoms with Gasteiger partial charge in [-0.1, -0.05) is 118 Å². The molecule has 528 valence electrons. The van der Waals surface area contributed by atoms with Crippen molar-refractivity contribution in [2.24, 2.45) is 0 Å². The number of ether oxygens (including phenoxy) is 5. The average Bonchev–Trinajstić information content (AvgIpc) is 0.747. The Bertz CT molecular complexity index is 2890. The van der Waals surface area contributed by atoms with Crippen LogP contribution < -0.4 is 36.1 Å². The molecule has 5 N–H and O–H groups in total. The van der Waals surface area contributed by atoms with Crippen LogP contribution in [0.15, 0.2) is 103 Å². The summed E-state index contributed by atoms with van der Waals surface area (Å²) in [4.78, 5) is 87.7. The highest BCUT2D eigenvalue weighted by Crippen LogP contribution is 2.36. The third-order valence-electron chi connectivity index (χ3n) is 12.5. The molecule has 0 aliphatic rings. The first-order chi connectivity index (χ1) is 45.8. The molecule has 6 aromatic carbocycles. The minimum atomic E-state index is -0.297. The van der Waals surface area contributed by atoms with Crippen LogP contribution in [-0.2, 0) is 59.0 Å². The molecule has 6 rings (SSSR count). The summed E-state index contributed by atoms with van der Waals surface area (Å²) in [5, 5.41) is 21.1. The Morgan fingerprint density at radius 2 is 0.684 bits per heavy atom. The van der Waals surface area contributed by atoms with E-state index >= 15 is 0 Å². The quantitative estimate of drug-likeness (QED) is 0.00592. The van der Waals surface area contributed by atoms with Crippen molar-refractivity contribution in [3.05, 3.63) is 120 Å². The van der Waals surface area contributed by atoms with Gasteiger partial charge in [-0.15, -0.1) is 0 Å². The fourth-order valence-corrected chi connectivity index (χ4v) is 9.02. The Balaban J connectivity index is 0.00000116. The van der Waals surface area contributed by atoms with Crippen LogP contribution in [0.1, 0.15) is 128 Å². The first-order valence-electron chi connectivity index (χ1n) is 32.0. The van der Waals surface area contributed by atoms with Crippen LogP contribution in [0.2, 0.25) is 0 Å². The zero-order valence-corrected chi connectivity index (χ0v) is 62.3. The molecule has 0 radical (unpaired) electrons. The van der Waals surface area contributed by atoms with Crippen molar-refractivity contribution in [2.45, 2.75) is 131 Å². The number of rotatable bonds is 34. The maximum absolute atomic E-state index is 11.9. The van der Waals surface area contributed by atoms with E-state index in [1.54, 1.807) is 0 Å². The van der Waals surface area contributed by atoms with Crippen molar-refractivity contribution in [2.75, 3.05) is 86.8 Å². The van der Waals surface area contributed by atoms with E-state index in [1.807, 2.05) is 90.1 Å². The van der Waals surface area contributed by atoms with Gasteiger partial charge in [0.15, 0.2) is 6.73 Å². The van der Waals surface area contributed by atoms with Gasteiger partial charge in [-0.25, -0.2) is 0 Å². The van der Waals surface area contributed by atoms with Gasteiger partial charge < -0.3 is 50.3 Å². The molecule has 0 aliphatic heterocycles. The highest BCUT2D eigenvalue weighted by molar-refractivity contribution is 7.81. The lowest BCUT2D eigenvalue weighted by Crippen LogP contribution is -2.27. The molecule has 0 saturated heterocycles. The van der Waals surface area contributed by atoms with E-state index in [-0.39, 0.29) is 67.8 Å². The number of esters is 3. The largest absolute Gasteiger partial charge is 0.457 e. The van der Waals surface area contributed by atoms with Crippen LogP contribution in [-0.4, -0.2) is 134 Å². The molecular formula is C70H103N5O13S7. The zero-order valence-electron chi connectivity index (χ0n) is 56.1. The highest BCUT2D eigenvalue weighted by Gasteiger charge is 2.12. The highest BCUT2D eigenvalue weighted by atomic mass is 32.1. The Morgan fingerprint density at radius 1 is 0.358 bits per heavy atom. The van der Waals surface area contributed by atoms with E-state index in [0.717, 1.165) is 69.4 Å². The number of aryl methyl sites for hydroxylation is 3. The molecule has 95 heavy (non-hydrogen) atoms. The van der Waals surface area contributed by atoms with E-state index in [2.05, 4.69) is 170 Å². The van der Waals surface area contributed by atoms with Crippen molar-refractivity contribution in [3.63, 3.8) is 0 Å². The van der Waals surface area contributed by atoms with Gasteiger partial charge in [0, 0.05) is 76.2 Å². The second-order valence-electron chi connectivity index (χ2n) is 20.6. The van der Waals surface area contributed by atoms with Gasteiger partial charge in [-0.2, -0.15) is 88.4 Å². The summed E-state index contributed by atoms with van der Waals surface area (Å²) in [7, 11) is 0. The van der Waals surface area contributed by atoms with Crippen LogP contribution in [0.25, 0.3) is 32.3 Å². The summed E-state index contributed by atoms with van der Waals surface area (Å²) < 4.78 is 25.1. The van der Waals surface area contributed by atoms with Gasteiger partial charge in [0.05, 0.1) is 12.8 Å². The minimum absolute atomic E-state index is 0.0460. The van der Waals surface area contributed by atoms with E-state index in [9.17, 15) is 38.4 Å². The molecule has 0 atom stereocenters. The summed E-state index contributed by atoms with van der Waals surface area (Å²) in [5.41, 5.74) is 3.56. The summed E-state index contributed by atoms with van der Waals surface area (Å²) >= 11 is 27.5. The second-order valence-corrected chi connectivity index (χ2v) is 23.7. The van der Waals surface area contributed by atoms with Crippen molar-refractivity contribution < 1.29 is 62.0 Å². The van der Waals surface area contributed by atoms with E-state index in [1.165, 1.54) is 37.9 Å². The normalized spacial score (nSPS) is 9.99. The molecule has 0 unspecified atom stereocenters. The lowest BCUT2D eigenvalue weighted by molar-refractivity contribution is -0.150. The molecule has 0 saturated carbocycles. The summed E-state index contributed by atoms with van der Waals surface area (Å²) in [6.07, 6.45) is 8.87. The molecule has 0 bridgehead atoms. The van der Waals surface area contributed by atoms with Crippen molar-refractivity contribution in [1.29, 1.82) is 0 Å². The molecule has 18 nitrogen and oxygen atoms in total. The van der Waals surface area contributed by atoms with Crippen LogP contribution in [0.4, 0.5) is 0 Å². The number of hydrogen-bond acceptors (Lipinski definition) is 20. The monoisotopic (exact) mass is 1450 g/mol. The lowest BCUT2D eigenvalue weighted by Gasteiger charge is -2.14. The van der Waals surface area contributed by atoms with E-state index in [0.29, 0.717) is 110 Å². The SMILES string of the molecule is CCCNC(=O)CCS.CCCNC(=O)CCS.CCCNC(=O)CCS.CCCNC(=O)CCS.Cc1ccc(OCOC(=O)CCS)cc1.Cc1ccc(OCOC(=O)CCS)cc1.O=C(CCS)NCOC(=O)CCCc1ccc2ccc3cccc4ccc1c2c34. The Morgan fingerprint density at radius 3 is 1.04 bits per heavy atom.